The largest absolute Gasteiger partial charge is 0.355 e. The zero-order valence-corrected chi connectivity index (χ0v) is 19.3. The van der Waals surface area contributed by atoms with Crippen molar-refractivity contribution >= 4 is 27.8 Å². The molecule has 1 fully saturated rings. The Labute approximate surface area is 198 Å². The molecule has 0 unspecified atom stereocenters. The molecule has 5 rings (SSSR count). The number of anilines is 1. The predicted octanol–water partition coefficient (Wildman–Crippen LogP) is 2.62. The van der Waals surface area contributed by atoms with Gasteiger partial charge in [-0.3, -0.25) is 4.79 Å². The van der Waals surface area contributed by atoms with Crippen molar-refractivity contribution in [2.24, 2.45) is 5.14 Å². The molecule has 1 aliphatic carbocycles. The van der Waals surface area contributed by atoms with Gasteiger partial charge in [0.05, 0.1) is 4.90 Å². The highest BCUT2D eigenvalue weighted by atomic mass is 32.2. The molecule has 34 heavy (non-hydrogen) atoms. The lowest BCUT2D eigenvalue weighted by molar-refractivity contribution is 0.0945. The van der Waals surface area contributed by atoms with Crippen molar-refractivity contribution < 1.29 is 13.2 Å². The number of hydrogen-bond donors (Lipinski definition) is 2. The second kappa shape index (κ2) is 8.66. The average molecular weight is 476 g/mol. The Morgan fingerprint density at radius 1 is 1.00 bits per heavy atom. The van der Waals surface area contributed by atoms with Crippen molar-refractivity contribution in [1.82, 2.24) is 15.5 Å². The van der Waals surface area contributed by atoms with E-state index >= 15 is 0 Å². The van der Waals surface area contributed by atoms with Gasteiger partial charge in [0.15, 0.2) is 11.5 Å². The van der Waals surface area contributed by atoms with Gasteiger partial charge < -0.3 is 10.2 Å². The monoisotopic (exact) mass is 475 g/mol. The predicted molar refractivity (Wildman–Crippen MR) is 130 cm³/mol. The number of benzene rings is 2. The first kappa shape index (κ1) is 22.2. The van der Waals surface area contributed by atoms with E-state index in [-0.39, 0.29) is 28.5 Å². The van der Waals surface area contributed by atoms with Crippen LogP contribution in [0.3, 0.4) is 0 Å². The number of carbonyl (C=O) groups is 1. The van der Waals surface area contributed by atoms with E-state index in [0.29, 0.717) is 0 Å². The van der Waals surface area contributed by atoms with Crippen LogP contribution in [0.1, 0.15) is 40.0 Å². The normalized spacial score (nSPS) is 16.4. The standard InChI is InChI=1S/C25H25N5O3S/c26-34(32,33)20-7-5-18(6-8-20)17-27-24(31)22-9-10-23(29-28-22)30-15-13-25(14-16-30)12-11-19-3-1-2-4-21(19)25/h1-12H,13-17H2,(H,27,31)(H2,26,32,33). The molecule has 2 aliphatic rings. The minimum atomic E-state index is -3.74. The molecule has 1 aromatic heterocycles. The highest BCUT2D eigenvalue weighted by Gasteiger charge is 2.38. The number of sulfonamides is 1. The molecule has 2 aromatic carbocycles. The smallest absolute Gasteiger partial charge is 0.272 e. The third-order valence-electron chi connectivity index (χ3n) is 6.65. The van der Waals surface area contributed by atoms with E-state index in [4.69, 9.17) is 5.14 Å². The second-order valence-electron chi connectivity index (χ2n) is 8.71. The first-order chi connectivity index (χ1) is 16.3. The van der Waals surface area contributed by atoms with Crippen LogP contribution in [0.15, 0.2) is 71.6 Å². The Hall–Kier alpha value is -3.56. The van der Waals surface area contributed by atoms with Gasteiger partial charge >= 0.3 is 0 Å². The fourth-order valence-corrected chi connectivity index (χ4v) is 5.21. The number of primary sulfonamides is 1. The quantitative estimate of drug-likeness (QED) is 0.586. The van der Waals surface area contributed by atoms with E-state index in [1.165, 1.54) is 23.3 Å². The summed E-state index contributed by atoms with van der Waals surface area (Å²) in [6.45, 7) is 1.97. The number of carbonyl (C=O) groups excluding carboxylic acids is 1. The molecule has 0 atom stereocenters. The van der Waals surface area contributed by atoms with Gasteiger partial charge in [-0.15, -0.1) is 10.2 Å². The van der Waals surface area contributed by atoms with Gasteiger partial charge in [-0.25, -0.2) is 13.6 Å². The molecule has 1 saturated heterocycles. The van der Waals surface area contributed by atoms with Crippen molar-refractivity contribution in [3.05, 3.63) is 89.1 Å². The van der Waals surface area contributed by atoms with E-state index in [9.17, 15) is 13.2 Å². The average Bonchev–Trinajstić information content (AvgIpc) is 3.21. The van der Waals surface area contributed by atoms with Gasteiger partial charge in [0.25, 0.3) is 5.91 Å². The van der Waals surface area contributed by atoms with Gasteiger partial charge in [0.1, 0.15) is 0 Å². The molecule has 0 bridgehead atoms. The van der Waals surface area contributed by atoms with Crippen LogP contribution in [-0.4, -0.2) is 37.6 Å². The lowest BCUT2D eigenvalue weighted by Gasteiger charge is -2.39. The molecule has 0 saturated carbocycles. The summed E-state index contributed by atoms with van der Waals surface area (Å²) < 4.78 is 22.7. The molecule has 174 valence electrons. The Morgan fingerprint density at radius 3 is 2.41 bits per heavy atom. The SMILES string of the molecule is NS(=O)(=O)c1ccc(CNC(=O)c2ccc(N3CCC4(C=Cc5ccccc54)CC3)nn2)cc1. The number of aromatic nitrogens is 2. The zero-order chi connectivity index (χ0) is 23.8. The number of allylic oxidation sites excluding steroid dienone is 1. The summed E-state index contributed by atoms with van der Waals surface area (Å²) in [6.07, 6.45) is 6.59. The topological polar surface area (TPSA) is 118 Å². The van der Waals surface area contributed by atoms with Crippen molar-refractivity contribution in [1.29, 1.82) is 0 Å². The lowest BCUT2D eigenvalue weighted by atomic mass is 9.74. The summed E-state index contributed by atoms with van der Waals surface area (Å²) in [5, 5.41) is 16.3. The van der Waals surface area contributed by atoms with Gasteiger partial charge in [-0.05, 0) is 53.8 Å². The first-order valence-corrected chi connectivity index (χ1v) is 12.7. The van der Waals surface area contributed by atoms with Crippen molar-refractivity contribution in [3.8, 4) is 0 Å². The molecule has 1 amide bonds. The molecule has 3 N–H and O–H groups in total. The third-order valence-corrected chi connectivity index (χ3v) is 7.58. The molecule has 8 nitrogen and oxygen atoms in total. The highest BCUT2D eigenvalue weighted by molar-refractivity contribution is 7.89. The number of nitrogens with two attached hydrogens (primary N) is 1. The van der Waals surface area contributed by atoms with Crippen LogP contribution in [-0.2, 0) is 22.0 Å². The van der Waals surface area contributed by atoms with Crippen molar-refractivity contribution in [2.75, 3.05) is 18.0 Å². The van der Waals surface area contributed by atoms with Crippen LogP contribution in [0.5, 0.6) is 0 Å². The Balaban J connectivity index is 1.18. The molecular formula is C25H25N5O3S. The van der Waals surface area contributed by atoms with Gasteiger partial charge in [-0.1, -0.05) is 48.6 Å². The molecule has 1 spiro atoms. The number of piperidine rings is 1. The number of nitrogens with one attached hydrogen (secondary N) is 1. The molecule has 0 radical (unpaired) electrons. The van der Waals surface area contributed by atoms with Crippen molar-refractivity contribution in [3.63, 3.8) is 0 Å². The summed E-state index contributed by atoms with van der Waals surface area (Å²) in [5.41, 5.74) is 3.80. The summed E-state index contributed by atoms with van der Waals surface area (Å²) in [4.78, 5) is 14.7. The molecule has 9 heteroatoms. The van der Waals surface area contributed by atoms with Gasteiger partial charge in [0, 0.05) is 25.0 Å². The van der Waals surface area contributed by atoms with Crippen LogP contribution < -0.4 is 15.4 Å². The summed E-state index contributed by atoms with van der Waals surface area (Å²) in [6, 6.07) is 18.1. The fraction of sp³-hybridized carbons (Fsp3) is 0.240. The summed E-state index contributed by atoms with van der Waals surface area (Å²) >= 11 is 0. The van der Waals surface area contributed by atoms with E-state index in [1.807, 2.05) is 6.07 Å². The highest BCUT2D eigenvalue weighted by Crippen LogP contribution is 2.44. The number of fused-ring (bicyclic) bond motifs is 2. The first-order valence-electron chi connectivity index (χ1n) is 11.1. The number of rotatable bonds is 5. The number of amides is 1. The molecule has 1 aliphatic heterocycles. The lowest BCUT2D eigenvalue weighted by Crippen LogP contribution is -2.41. The van der Waals surface area contributed by atoms with Crippen LogP contribution in [0.25, 0.3) is 6.08 Å². The van der Waals surface area contributed by atoms with Crippen LogP contribution in [0.2, 0.25) is 0 Å². The Morgan fingerprint density at radius 2 is 1.74 bits per heavy atom. The number of hydrogen-bond acceptors (Lipinski definition) is 6. The molecule has 2 heterocycles. The Bertz CT molecular complexity index is 1340. The second-order valence-corrected chi connectivity index (χ2v) is 10.3. The van der Waals surface area contributed by atoms with Gasteiger partial charge in [0.2, 0.25) is 10.0 Å². The van der Waals surface area contributed by atoms with E-state index in [0.717, 1.165) is 37.3 Å². The van der Waals surface area contributed by atoms with Gasteiger partial charge in [-0.2, -0.15) is 0 Å². The third kappa shape index (κ3) is 4.32. The van der Waals surface area contributed by atoms with E-state index < -0.39 is 10.0 Å². The molecule has 3 aromatic rings. The fourth-order valence-electron chi connectivity index (χ4n) is 4.69. The summed E-state index contributed by atoms with van der Waals surface area (Å²) in [5.74, 6) is 0.417. The van der Waals surface area contributed by atoms with Crippen molar-refractivity contribution in [2.45, 2.75) is 29.7 Å². The summed E-state index contributed by atoms with van der Waals surface area (Å²) in [7, 11) is -3.74. The van der Waals surface area contributed by atoms with Crippen LogP contribution in [0.4, 0.5) is 5.82 Å². The Kier molecular flexibility index (Phi) is 5.66. The maximum Gasteiger partial charge on any atom is 0.272 e. The minimum Gasteiger partial charge on any atom is -0.355 e. The minimum absolute atomic E-state index is 0.0285. The molecular weight excluding hydrogens is 450 g/mol. The zero-order valence-electron chi connectivity index (χ0n) is 18.5. The van der Waals surface area contributed by atoms with E-state index in [2.05, 4.69) is 56.8 Å². The van der Waals surface area contributed by atoms with Crippen LogP contribution >= 0.6 is 0 Å². The maximum absolute atomic E-state index is 12.5. The number of nitrogens with zero attached hydrogens (tertiary/aromatic N) is 3. The van der Waals surface area contributed by atoms with E-state index in [1.54, 1.807) is 18.2 Å². The maximum atomic E-state index is 12.5. The van der Waals surface area contributed by atoms with Crippen LogP contribution in [0, 0.1) is 0 Å².